The Morgan fingerprint density at radius 1 is 0.353 bits per heavy atom. The second-order valence-electron chi connectivity index (χ2n) is 17.9. The van der Waals surface area contributed by atoms with Crippen molar-refractivity contribution in [3.05, 3.63) is 0 Å². The number of unbranched alkanes of at least 4 members (excludes halogenated alkanes) is 10. The van der Waals surface area contributed by atoms with Gasteiger partial charge in [-0.05, 0) is 126 Å². The van der Waals surface area contributed by atoms with E-state index < -0.39 is 0 Å². The standard InChI is InChI=1S/C46H94O5/c1-11-13-15-17-19-21-29-49-45(27-23-25-37(3)31-39(5)33-41(7)35-43(9)47)51-46(50-30-22-20-18-16-14-12-2)28-24-26-38(4)32-40(6)34-42(8)36-44(10)48/h37-48H,11-36H2,1-10H3. The first-order chi connectivity index (χ1) is 24.4. The molecule has 10 unspecified atom stereocenters. The second kappa shape index (κ2) is 34.3. The van der Waals surface area contributed by atoms with E-state index in [1.165, 1.54) is 103 Å². The van der Waals surface area contributed by atoms with Crippen LogP contribution in [0.1, 0.15) is 223 Å². The summed E-state index contributed by atoms with van der Waals surface area (Å²) >= 11 is 0. The minimum atomic E-state index is -0.204. The van der Waals surface area contributed by atoms with Gasteiger partial charge < -0.3 is 24.4 Å². The van der Waals surface area contributed by atoms with Crippen molar-refractivity contribution in [2.75, 3.05) is 13.2 Å². The monoisotopic (exact) mass is 727 g/mol. The number of aliphatic hydroxyl groups excluding tert-OH is 2. The Morgan fingerprint density at radius 3 is 1.02 bits per heavy atom. The summed E-state index contributed by atoms with van der Waals surface area (Å²) in [6.07, 6.45) is 27.6. The Hall–Kier alpha value is -0.200. The second-order valence-corrected chi connectivity index (χ2v) is 17.9. The van der Waals surface area contributed by atoms with Gasteiger partial charge in [-0.25, -0.2) is 0 Å². The number of aliphatic hydroxyl groups is 2. The molecule has 0 spiro atoms. The van der Waals surface area contributed by atoms with E-state index in [0.29, 0.717) is 35.5 Å². The third-order valence-corrected chi connectivity index (χ3v) is 10.9. The fourth-order valence-corrected chi connectivity index (χ4v) is 8.54. The van der Waals surface area contributed by atoms with Gasteiger partial charge in [0, 0.05) is 13.2 Å². The fourth-order valence-electron chi connectivity index (χ4n) is 8.54. The number of ether oxygens (including phenoxy) is 3. The summed E-state index contributed by atoms with van der Waals surface area (Å²) in [5, 5.41) is 19.6. The molecule has 0 aliphatic rings. The van der Waals surface area contributed by atoms with Gasteiger partial charge in [-0.15, -0.1) is 0 Å². The van der Waals surface area contributed by atoms with Crippen molar-refractivity contribution in [2.45, 2.75) is 248 Å². The molecule has 0 aromatic carbocycles. The van der Waals surface area contributed by atoms with Crippen molar-refractivity contribution in [1.82, 2.24) is 0 Å². The Kier molecular flexibility index (Phi) is 34.2. The van der Waals surface area contributed by atoms with E-state index in [2.05, 4.69) is 55.4 Å². The molecule has 308 valence electrons. The largest absolute Gasteiger partial charge is 0.393 e. The van der Waals surface area contributed by atoms with E-state index in [1.54, 1.807) is 0 Å². The lowest BCUT2D eigenvalue weighted by atomic mass is 9.86. The van der Waals surface area contributed by atoms with Crippen molar-refractivity contribution in [3.8, 4) is 0 Å². The normalized spacial score (nSPS) is 18.1. The van der Waals surface area contributed by atoms with Crippen LogP contribution in [-0.4, -0.2) is 48.2 Å². The van der Waals surface area contributed by atoms with Gasteiger partial charge >= 0.3 is 0 Å². The highest BCUT2D eigenvalue weighted by atomic mass is 16.8. The van der Waals surface area contributed by atoms with Gasteiger partial charge in [0.2, 0.25) is 0 Å². The molecule has 0 aliphatic heterocycles. The van der Waals surface area contributed by atoms with Crippen molar-refractivity contribution in [3.63, 3.8) is 0 Å². The highest BCUT2D eigenvalue weighted by Crippen LogP contribution is 2.28. The molecule has 0 aromatic heterocycles. The Labute approximate surface area is 320 Å². The van der Waals surface area contributed by atoms with E-state index in [1.807, 2.05) is 13.8 Å². The highest BCUT2D eigenvalue weighted by molar-refractivity contribution is 4.68. The molecule has 10 atom stereocenters. The summed E-state index contributed by atoms with van der Waals surface area (Å²) < 4.78 is 19.8. The molecule has 5 nitrogen and oxygen atoms in total. The van der Waals surface area contributed by atoms with Gasteiger partial charge in [0.15, 0.2) is 12.6 Å². The van der Waals surface area contributed by atoms with Crippen LogP contribution >= 0.6 is 0 Å². The molecule has 0 bridgehead atoms. The van der Waals surface area contributed by atoms with Gasteiger partial charge in [0.25, 0.3) is 0 Å². The average molecular weight is 727 g/mol. The average Bonchev–Trinajstić information content (AvgIpc) is 3.02. The number of hydrogen-bond acceptors (Lipinski definition) is 5. The molecular formula is C46H94O5. The van der Waals surface area contributed by atoms with Gasteiger partial charge in [-0.1, -0.05) is 132 Å². The third-order valence-electron chi connectivity index (χ3n) is 10.9. The van der Waals surface area contributed by atoms with E-state index in [9.17, 15) is 10.2 Å². The first-order valence-electron chi connectivity index (χ1n) is 22.6. The maximum Gasteiger partial charge on any atom is 0.160 e. The van der Waals surface area contributed by atoms with E-state index >= 15 is 0 Å². The first-order valence-corrected chi connectivity index (χ1v) is 22.6. The summed E-state index contributed by atoms with van der Waals surface area (Å²) in [7, 11) is 0. The molecule has 0 rings (SSSR count). The molecule has 5 heteroatoms. The maximum absolute atomic E-state index is 9.79. The van der Waals surface area contributed by atoms with E-state index in [4.69, 9.17) is 14.2 Å². The molecule has 0 aromatic rings. The van der Waals surface area contributed by atoms with Crippen molar-refractivity contribution >= 4 is 0 Å². The van der Waals surface area contributed by atoms with E-state index in [-0.39, 0.29) is 24.8 Å². The predicted molar refractivity (Wildman–Crippen MR) is 221 cm³/mol. The molecule has 0 saturated carbocycles. The Morgan fingerprint density at radius 2 is 0.667 bits per heavy atom. The van der Waals surface area contributed by atoms with Gasteiger partial charge in [-0.3, -0.25) is 0 Å². The van der Waals surface area contributed by atoms with Crippen LogP contribution in [-0.2, 0) is 14.2 Å². The van der Waals surface area contributed by atoms with Crippen molar-refractivity contribution < 1.29 is 24.4 Å². The van der Waals surface area contributed by atoms with Gasteiger partial charge in [0.1, 0.15) is 0 Å². The van der Waals surface area contributed by atoms with Crippen LogP contribution in [0.4, 0.5) is 0 Å². The van der Waals surface area contributed by atoms with Crippen LogP contribution in [0.3, 0.4) is 0 Å². The molecule has 0 amide bonds. The summed E-state index contributed by atoms with van der Waals surface area (Å²) in [5.74, 6) is 3.87. The molecule has 51 heavy (non-hydrogen) atoms. The van der Waals surface area contributed by atoms with Crippen LogP contribution in [0.25, 0.3) is 0 Å². The molecule has 0 fully saturated rings. The van der Waals surface area contributed by atoms with Crippen molar-refractivity contribution in [1.29, 1.82) is 0 Å². The maximum atomic E-state index is 9.79. The summed E-state index contributed by atoms with van der Waals surface area (Å²) in [6.45, 7) is 24.1. The zero-order chi connectivity index (χ0) is 38.3. The van der Waals surface area contributed by atoms with Crippen molar-refractivity contribution in [2.24, 2.45) is 35.5 Å². The zero-order valence-electron chi connectivity index (χ0n) is 36.3. The topological polar surface area (TPSA) is 68.2 Å². The lowest BCUT2D eigenvalue weighted by molar-refractivity contribution is -0.250. The minimum Gasteiger partial charge on any atom is -0.393 e. The summed E-state index contributed by atoms with van der Waals surface area (Å²) in [4.78, 5) is 0. The number of rotatable bonds is 38. The quantitative estimate of drug-likeness (QED) is 0.0490. The Balaban J connectivity index is 5.20. The SMILES string of the molecule is CCCCCCCCOC(CCCC(C)CC(C)CC(C)CC(C)O)OC(CCCC(C)CC(C)CC(C)CC(C)O)OCCCCCCCC. The zero-order valence-corrected chi connectivity index (χ0v) is 36.3. The molecule has 0 radical (unpaired) electrons. The fraction of sp³-hybridized carbons (Fsp3) is 1.00. The van der Waals surface area contributed by atoms with Crippen LogP contribution in [0.2, 0.25) is 0 Å². The predicted octanol–water partition coefficient (Wildman–Crippen LogP) is 13.7. The van der Waals surface area contributed by atoms with Crippen LogP contribution in [0.5, 0.6) is 0 Å². The lowest BCUT2D eigenvalue weighted by Crippen LogP contribution is -2.28. The van der Waals surface area contributed by atoms with Crippen LogP contribution < -0.4 is 0 Å². The van der Waals surface area contributed by atoms with Gasteiger partial charge in [-0.2, -0.15) is 0 Å². The Bertz CT molecular complexity index is 656. The smallest absolute Gasteiger partial charge is 0.160 e. The lowest BCUT2D eigenvalue weighted by Gasteiger charge is -2.27. The molecule has 0 heterocycles. The highest BCUT2D eigenvalue weighted by Gasteiger charge is 2.21. The molecule has 0 aliphatic carbocycles. The summed E-state index contributed by atoms with van der Waals surface area (Å²) in [6, 6.07) is 0. The molecule has 0 saturated heterocycles. The molecular weight excluding hydrogens is 633 g/mol. The molecule has 2 N–H and O–H groups in total. The minimum absolute atomic E-state index is 0.196. The third kappa shape index (κ3) is 34.1. The van der Waals surface area contributed by atoms with E-state index in [0.717, 1.165) is 64.6 Å². The number of hydrogen-bond donors (Lipinski definition) is 2. The first kappa shape index (κ1) is 50.8. The van der Waals surface area contributed by atoms with Crippen LogP contribution in [0, 0.1) is 35.5 Å². The van der Waals surface area contributed by atoms with Gasteiger partial charge in [0.05, 0.1) is 12.2 Å². The summed E-state index contributed by atoms with van der Waals surface area (Å²) in [5.41, 5.74) is 0. The van der Waals surface area contributed by atoms with Crippen LogP contribution in [0.15, 0.2) is 0 Å².